The lowest BCUT2D eigenvalue weighted by Crippen LogP contribution is -2.24. The van der Waals surface area contributed by atoms with Crippen molar-refractivity contribution >= 4 is 55.7 Å². The number of nitrogens with zero attached hydrogens (tertiary/aromatic N) is 3. The van der Waals surface area contributed by atoms with E-state index >= 15 is 0 Å². The van der Waals surface area contributed by atoms with Crippen LogP contribution in [0.25, 0.3) is 10.2 Å². The number of carbonyl (C=O) groups excluding carboxylic acids is 1. The predicted octanol–water partition coefficient (Wildman–Crippen LogP) is 4.36. The van der Waals surface area contributed by atoms with E-state index in [1.165, 1.54) is 23.1 Å². The molecule has 0 unspecified atom stereocenters. The Bertz CT molecular complexity index is 877. The first-order chi connectivity index (χ1) is 12.1. The summed E-state index contributed by atoms with van der Waals surface area (Å²) in [6.45, 7) is 6.44. The molecule has 0 bridgehead atoms. The molecule has 2 heterocycles. The highest BCUT2D eigenvalue weighted by molar-refractivity contribution is 8.02. The number of ether oxygens (including phenoxy) is 1. The lowest BCUT2D eigenvalue weighted by molar-refractivity contribution is -0.115. The van der Waals surface area contributed by atoms with Gasteiger partial charge in [0.25, 0.3) is 0 Å². The van der Waals surface area contributed by atoms with Crippen molar-refractivity contribution in [1.29, 1.82) is 0 Å². The second kappa shape index (κ2) is 8.11. The van der Waals surface area contributed by atoms with E-state index in [0.717, 1.165) is 25.3 Å². The summed E-state index contributed by atoms with van der Waals surface area (Å²) in [6.07, 6.45) is 0.703. The molecule has 2 aromatic heterocycles. The van der Waals surface area contributed by atoms with Gasteiger partial charge in [0.2, 0.25) is 11.0 Å². The van der Waals surface area contributed by atoms with E-state index in [4.69, 9.17) is 4.74 Å². The van der Waals surface area contributed by atoms with Gasteiger partial charge >= 0.3 is 0 Å². The number of aryl methyl sites for hydroxylation is 1. The number of anilines is 1. The maximum absolute atomic E-state index is 12.5. The third-order valence-electron chi connectivity index (χ3n) is 3.31. The van der Waals surface area contributed by atoms with Crippen LogP contribution >= 0.6 is 34.4 Å². The standard InChI is InChI=1S/C16H18N4O2S3/c1-4-12(14(21)18-15-20-19-9(3)23-15)24-16-17-11-7-6-10(22-5-2)8-13(11)25-16/h6-8,12H,4-5H2,1-3H3,(H,18,20,21)/t12-/m1/s1. The average molecular weight is 395 g/mol. The third kappa shape index (κ3) is 4.47. The molecule has 3 rings (SSSR count). The lowest BCUT2D eigenvalue weighted by atomic mass is 10.3. The number of amides is 1. The smallest absolute Gasteiger partial charge is 0.239 e. The van der Waals surface area contributed by atoms with Crippen LogP contribution in [0.4, 0.5) is 5.13 Å². The van der Waals surface area contributed by atoms with Gasteiger partial charge in [-0.2, -0.15) is 0 Å². The van der Waals surface area contributed by atoms with Gasteiger partial charge in [0.05, 0.1) is 22.1 Å². The Hall–Kier alpha value is -1.71. The number of nitrogens with one attached hydrogen (secondary N) is 1. The molecule has 1 atom stereocenters. The van der Waals surface area contributed by atoms with Crippen LogP contribution in [0.15, 0.2) is 22.5 Å². The SMILES string of the molecule is CCOc1ccc2nc(S[C@H](CC)C(=O)Nc3nnc(C)s3)sc2c1. The van der Waals surface area contributed by atoms with E-state index in [9.17, 15) is 4.79 Å². The van der Waals surface area contributed by atoms with Gasteiger partial charge in [0.1, 0.15) is 10.8 Å². The number of thiazole rings is 1. The molecule has 25 heavy (non-hydrogen) atoms. The van der Waals surface area contributed by atoms with E-state index in [-0.39, 0.29) is 11.2 Å². The van der Waals surface area contributed by atoms with Crippen molar-refractivity contribution in [3.8, 4) is 5.75 Å². The molecular weight excluding hydrogens is 376 g/mol. The van der Waals surface area contributed by atoms with Crippen molar-refractivity contribution in [3.63, 3.8) is 0 Å². The maximum atomic E-state index is 12.5. The van der Waals surface area contributed by atoms with E-state index in [1.807, 2.05) is 39.0 Å². The Kier molecular flexibility index (Phi) is 5.87. The molecule has 0 aliphatic heterocycles. The monoisotopic (exact) mass is 394 g/mol. The molecule has 6 nitrogen and oxygen atoms in total. The molecule has 0 fully saturated rings. The van der Waals surface area contributed by atoms with E-state index < -0.39 is 0 Å². The molecule has 0 radical (unpaired) electrons. The minimum atomic E-state index is -0.226. The topological polar surface area (TPSA) is 77.0 Å². The molecule has 0 aliphatic rings. The summed E-state index contributed by atoms with van der Waals surface area (Å²) in [5.41, 5.74) is 0.922. The zero-order valence-corrected chi connectivity index (χ0v) is 16.6. The number of carbonyl (C=O) groups is 1. The van der Waals surface area contributed by atoms with Crippen molar-refractivity contribution in [1.82, 2.24) is 15.2 Å². The average Bonchev–Trinajstić information content (AvgIpc) is 3.17. The summed E-state index contributed by atoms with van der Waals surface area (Å²) in [5, 5.41) is 11.8. The maximum Gasteiger partial charge on any atom is 0.239 e. The van der Waals surface area contributed by atoms with Crippen molar-refractivity contribution in [2.24, 2.45) is 0 Å². The zero-order valence-electron chi connectivity index (χ0n) is 14.1. The fourth-order valence-electron chi connectivity index (χ4n) is 2.17. The summed E-state index contributed by atoms with van der Waals surface area (Å²) in [5.74, 6) is 0.768. The highest BCUT2D eigenvalue weighted by Gasteiger charge is 2.21. The Morgan fingerprint density at radius 2 is 2.16 bits per heavy atom. The summed E-state index contributed by atoms with van der Waals surface area (Å²) < 4.78 is 7.46. The fourth-order valence-corrected chi connectivity index (χ4v) is 5.03. The Morgan fingerprint density at radius 1 is 1.32 bits per heavy atom. The number of rotatable bonds is 7. The lowest BCUT2D eigenvalue weighted by Gasteiger charge is -2.11. The minimum absolute atomic E-state index is 0.0714. The number of fused-ring (bicyclic) bond motifs is 1. The number of thioether (sulfide) groups is 1. The van der Waals surface area contributed by atoms with Crippen LogP contribution in [0.3, 0.4) is 0 Å². The Morgan fingerprint density at radius 3 is 2.84 bits per heavy atom. The molecule has 0 spiro atoms. The quantitative estimate of drug-likeness (QED) is 0.600. The van der Waals surface area contributed by atoms with Gasteiger partial charge in [0, 0.05) is 0 Å². The van der Waals surface area contributed by atoms with Gasteiger partial charge in [-0.3, -0.25) is 10.1 Å². The first kappa shape index (κ1) is 18.1. The van der Waals surface area contributed by atoms with Crippen LogP contribution in [0.5, 0.6) is 5.75 Å². The van der Waals surface area contributed by atoms with Crippen molar-refractivity contribution < 1.29 is 9.53 Å². The first-order valence-corrected chi connectivity index (χ1v) is 10.4. The molecule has 0 aliphatic carbocycles. The van der Waals surface area contributed by atoms with Crippen LogP contribution in [0.2, 0.25) is 0 Å². The van der Waals surface area contributed by atoms with E-state index in [2.05, 4.69) is 20.5 Å². The Balaban J connectivity index is 1.72. The molecule has 9 heteroatoms. The number of benzene rings is 1. The largest absolute Gasteiger partial charge is 0.494 e. The van der Waals surface area contributed by atoms with Gasteiger partial charge in [-0.25, -0.2) is 4.98 Å². The van der Waals surface area contributed by atoms with Gasteiger partial charge in [-0.15, -0.1) is 21.5 Å². The molecule has 132 valence electrons. The van der Waals surface area contributed by atoms with Gasteiger partial charge in [-0.1, -0.05) is 30.0 Å². The first-order valence-electron chi connectivity index (χ1n) is 7.90. The van der Waals surface area contributed by atoms with Gasteiger partial charge in [-0.05, 0) is 38.5 Å². The van der Waals surface area contributed by atoms with Crippen molar-refractivity contribution in [2.75, 3.05) is 11.9 Å². The minimum Gasteiger partial charge on any atom is -0.494 e. The predicted molar refractivity (Wildman–Crippen MR) is 104 cm³/mol. The van der Waals surface area contributed by atoms with Crippen LogP contribution < -0.4 is 10.1 Å². The van der Waals surface area contributed by atoms with E-state index in [1.54, 1.807) is 11.3 Å². The number of hydrogen-bond donors (Lipinski definition) is 1. The van der Waals surface area contributed by atoms with Gasteiger partial charge in [0.15, 0.2) is 4.34 Å². The fraction of sp³-hybridized carbons (Fsp3) is 0.375. The van der Waals surface area contributed by atoms with Crippen molar-refractivity contribution in [3.05, 3.63) is 23.2 Å². The van der Waals surface area contributed by atoms with Gasteiger partial charge < -0.3 is 4.74 Å². The van der Waals surface area contributed by atoms with Crippen LogP contribution in [0.1, 0.15) is 25.3 Å². The highest BCUT2D eigenvalue weighted by Crippen LogP contribution is 2.35. The molecular formula is C16H18N4O2S3. The zero-order chi connectivity index (χ0) is 17.8. The summed E-state index contributed by atoms with van der Waals surface area (Å²) >= 11 is 4.42. The number of hydrogen-bond acceptors (Lipinski definition) is 8. The second-order valence-corrected chi connectivity index (χ2v) is 8.83. The Labute approximate surface area is 158 Å². The third-order valence-corrected chi connectivity index (χ3v) is 6.54. The molecule has 1 amide bonds. The van der Waals surface area contributed by atoms with E-state index in [0.29, 0.717) is 18.2 Å². The summed E-state index contributed by atoms with van der Waals surface area (Å²) in [6, 6.07) is 5.86. The van der Waals surface area contributed by atoms with Crippen LogP contribution in [0, 0.1) is 6.92 Å². The summed E-state index contributed by atoms with van der Waals surface area (Å²) in [4.78, 5) is 17.1. The van der Waals surface area contributed by atoms with Crippen molar-refractivity contribution in [2.45, 2.75) is 36.8 Å². The molecule has 3 aromatic rings. The molecule has 1 aromatic carbocycles. The highest BCUT2D eigenvalue weighted by atomic mass is 32.2. The number of aromatic nitrogens is 3. The molecule has 0 saturated heterocycles. The summed E-state index contributed by atoms with van der Waals surface area (Å²) in [7, 11) is 0. The van der Waals surface area contributed by atoms with Crippen LogP contribution in [-0.2, 0) is 4.79 Å². The normalized spacial score (nSPS) is 12.3. The molecule has 1 N–H and O–H groups in total. The molecule has 0 saturated carbocycles. The van der Waals surface area contributed by atoms with Crippen LogP contribution in [-0.4, -0.2) is 32.9 Å². The second-order valence-electron chi connectivity index (χ2n) is 5.17.